The third-order valence-corrected chi connectivity index (χ3v) is 6.79. The van der Waals surface area contributed by atoms with E-state index in [1.54, 1.807) is 18.1 Å². The highest BCUT2D eigenvalue weighted by molar-refractivity contribution is 6.04. The van der Waals surface area contributed by atoms with Crippen LogP contribution in [-0.2, 0) is 4.79 Å². The van der Waals surface area contributed by atoms with Crippen LogP contribution in [0.2, 0.25) is 0 Å². The highest BCUT2D eigenvalue weighted by Gasteiger charge is 2.34. The molecule has 8 heteroatoms. The molecule has 1 aromatic heterocycles. The second-order valence-electron chi connectivity index (χ2n) is 9.17. The zero-order chi connectivity index (χ0) is 23.8. The Balaban J connectivity index is 1.33. The summed E-state index contributed by atoms with van der Waals surface area (Å²) < 4.78 is 0. The van der Waals surface area contributed by atoms with E-state index in [0.717, 1.165) is 54.2 Å². The van der Waals surface area contributed by atoms with Crippen molar-refractivity contribution in [2.45, 2.75) is 19.9 Å². The number of piperazine rings is 1. The van der Waals surface area contributed by atoms with Gasteiger partial charge in [0.25, 0.3) is 5.91 Å². The summed E-state index contributed by atoms with van der Waals surface area (Å²) in [7, 11) is 3.93. The van der Waals surface area contributed by atoms with Gasteiger partial charge in [0.1, 0.15) is 6.04 Å². The second-order valence-corrected chi connectivity index (χ2v) is 9.17. The molecule has 1 atom stereocenters. The lowest BCUT2D eigenvalue weighted by Gasteiger charge is -2.34. The Morgan fingerprint density at radius 2 is 1.65 bits per heavy atom. The predicted octanol–water partition coefficient (Wildman–Crippen LogP) is 3.72. The summed E-state index contributed by atoms with van der Waals surface area (Å²) in [5.74, 6) is 0.989. The van der Waals surface area contributed by atoms with Gasteiger partial charge in [-0.05, 0) is 61.9 Å². The van der Waals surface area contributed by atoms with Crippen molar-refractivity contribution >= 4 is 34.7 Å². The van der Waals surface area contributed by atoms with Gasteiger partial charge in [-0.1, -0.05) is 18.2 Å². The number of amides is 1. The molecule has 5 rings (SSSR count). The molecule has 1 unspecified atom stereocenters. The molecular weight excluding hydrogens is 426 g/mol. The first-order valence-corrected chi connectivity index (χ1v) is 11.7. The maximum absolute atomic E-state index is 13.2. The summed E-state index contributed by atoms with van der Waals surface area (Å²) >= 11 is 0. The first kappa shape index (κ1) is 22.2. The molecular formula is C26H31N7O. The minimum absolute atomic E-state index is 0.0360. The van der Waals surface area contributed by atoms with E-state index in [4.69, 9.17) is 0 Å². The van der Waals surface area contributed by atoms with Crippen LogP contribution in [0.5, 0.6) is 0 Å². The number of aryl methyl sites for hydroxylation is 2. The lowest BCUT2D eigenvalue weighted by molar-refractivity contribution is -0.119. The Kier molecular flexibility index (Phi) is 5.83. The molecule has 2 aliphatic heterocycles. The van der Waals surface area contributed by atoms with Gasteiger partial charge in [0.2, 0.25) is 5.95 Å². The van der Waals surface area contributed by atoms with E-state index in [1.165, 1.54) is 5.69 Å². The topological polar surface area (TPSA) is 76.6 Å². The number of carbonyl (C=O) groups excluding carboxylic acids is 1. The van der Waals surface area contributed by atoms with Gasteiger partial charge in [-0.25, -0.2) is 4.98 Å². The van der Waals surface area contributed by atoms with Crippen molar-refractivity contribution in [3.8, 4) is 0 Å². The molecule has 3 heterocycles. The van der Waals surface area contributed by atoms with Gasteiger partial charge >= 0.3 is 0 Å². The van der Waals surface area contributed by atoms with Gasteiger partial charge in [0.05, 0.1) is 11.9 Å². The number of nitrogens with zero attached hydrogens (tertiary/aromatic N) is 5. The van der Waals surface area contributed by atoms with E-state index in [2.05, 4.69) is 49.6 Å². The molecule has 1 fully saturated rings. The minimum atomic E-state index is -0.455. The second kappa shape index (κ2) is 8.95. The van der Waals surface area contributed by atoms with Crippen molar-refractivity contribution in [2.24, 2.45) is 0 Å². The minimum Gasteiger partial charge on any atom is -0.369 e. The van der Waals surface area contributed by atoms with Gasteiger partial charge in [0, 0.05) is 44.6 Å². The van der Waals surface area contributed by atoms with Crippen molar-refractivity contribution in [3.05, 3.63) is 65.4 Å². The lowest BCUT2D eigenvalue weighted by atomic mass is 9.94. The van der Waals surface area contributed by atoms with Crippen LogP contribution < -0.4 is 20.4 Å². The van der Waals surface area contributed by atoms with Crippen LogP contribution in [0, 0.1) is 13.8 Å². The zero-order valence-electron chi connectivity index (χ0n) is 20.2. The fraction of sp³-hybridized carbons (Fsp3) is 0.346. The highest BCUT2D eigenvalue weighted by atomic mass is 16.2. The predicted molar refractivity (Wildman–Crippen MR) is 137 cm³/mol. The Labute approximate surface area is 200 Å². The molecule has 1 amide bonds. The number of hydrogen-bond acceptors (Lipinski definition) is 7. The summed E-state index contributed by atoms with van der Waals surface area (Å²) in [5, 5.41) is 6.63. The van der Waals surface area contributed by atoms with E-state index in [0.29, 0.717) is 11.8 Å². The number of hydrogen-bond donors (Lipinski definition) is 2. The normalized spacial score (nSPS) is 18.5. The number of nitrogens with one attached hydrogen (secondary N) is 2. The highest BCUT2D eigenvalue weighted by Crippen LogP contribution is 2.36. The molecule has 176 valence electrons. The Hall–Kier alpha value is -3.65. The third-order valence-electron chi connectivity index (χ3n) is 6.79. The van der Waals surface area contributed by atoms with Gasteiger partial charge in [-0.3, -0.25) is 9.69 Å². The number of fused-ring (bicyclic) bond motifs is 1. The maximum atomic E-state index is 13.2. The van der Waals surface area contributed by atoms with Crippen LogP contribution in [0.25, 0.3) is 0 Å². The molecule has 0 bridgehead atoms. The smallest absolute Gasteiger partial charge is 0.255 e. The van der Waals surface area contributed by atoms with Crippen molar-refractivity contribution in [2.75, 3.05) is 60.7 Å². The quantitative estimate of drug-likeness (QED) is 0.618. The van der Waals surface area contributed by atoms with Gasteiger partial charge in [-0.2, -0.15) is 4.98 Å². The molecule has 2 N–H and O–H groups in total. The van der Waals surface area contributed by atoms with Crippen LogP contribution in [-0.4, -0.2) is 61.0 Å². The van der Waals surface area contributed by atoms with Crippen molar-refractivity contribution in [1.29, 1.82) is 0 Å². The number of benzene rings is 2. The Morgan fingerprint density at radius 3 is 2.32 bits per heavy atom. The summed E-state index contributed by atoms with van der Waals surface area (Å²) in [6, 6.07) is 14.0. The van der Waals surface area contributed by atoms with E-state index in [9.17, 15) is 4.79 Å². The van der Waals surface area contributed by atoms with Gasteiger partial charge < -0.3 is 20.4 Å². The number of aromatic nitrogens is 2. The SMILES string of the molecule is Cc1cccc(C)c1C1Nc2cnc(Nc3ccc(N4CCN(C)CC4)cc3)nc2N(C)C1=O. The van der Waals surface area contributed by atoms with E-state index < -0.39 is 6.04 Å². The molecule has 0 spiro atoms. The zero-order valence-corrected chi connectivity index (χ0v) is 20.2. The number of carbonyl (C=O) groups is 1. The third kappa shape index (κ3) is 4.17. The summed E-state index contributed by atoms with van der Waals surface area (Å²) in [4.78, 5) is 28.8. The van der Waals surface area contributed by atoms with E-state index in [-0.39, 0.29) is 5.91 Å². The van der Waals surface area contributed by atoms with Crippen LogP contribution in [0.15, 0.2) is 48.7 Å². The lowest BCUT2D eigenvalue weighted by Crippen LogP contribution is -2.44. The molecule has 8 nitrogen and oxygen atoms in total. The van der Waals surface area contributed by atoms with Crippen LogP contribution >= 0.6 is 0 Å². The fourth-order valence-corrected chi connectivity index (χ4v) is 4.73. The molecule has 34 heavy (non-hydrogen) atoms. The van der Waals surface area contributed by atoms with Crippen LogP contribution in [0.1, 0.15) is 22.7 Å². The van der Waals surface area contributed by atoms with Gasteiger partial charge in [-0.15, -0.1) is 0 Å². The van der Waals surface area contributed by atoms with E-state index >= 15 is 0 Å². The Bertz CT molecular complexity index is 1180. The first-order valence-electron chi connectivity index (χ1n) is 11.7. The van der Waals surface area contributed by atoms with Gasteiger partial charge in [0.15, 0.2) is 5.82 Å². The molecule has 0 radical (unpaired) electrons. The summed E-state index contributed by atoms with van der Waals surface area (Å²) in [6.07, 6.45) is 1.74. The number of rotatable bonds is 4. The molecule has 2 aromatic carbocycles. The summed E-state index contributed by atoms with van der Waals surface area (Å²) in [6.45, 7) is 8.29. The standard InChI is InChI=1S/C26H31N7O/c1-17-6-5-7-18(2)22(17)23-25(34)32(4)24-21(29-23)16-27-26(30-24)28-19-8-10-20(11-9-19)33-14-12-31(3)13-15-33/h5-11,16,23,29H,12-15H2,1-4H3,(H,27,28,30). The molecule has 0 saturated carbocycles. The van der Waals surface area contributed by atoms with Crippen molar-refractivity contribution in [1.82, 2.24) is 14.9 Å². The van der Waals surface area contributed by atoms with Crippen LogP contribution in [0.3, 0.4) is 0 Å². The van der Waals surface area contributed by atoms with Crippen molar-refractivity contribution in [3.63, 3.8) is 0 Å². The molecule has 0 aliphatic carbocycles. The average molecular weight is 458 g/mol. The first-order chi connectivity index (χ1) is 16.4. The monoisotopic (exact) mass is 457 g/mol. The van der Waals surface area contributed by atoms with Crippen LogP contribution in [0.4, 0.5) is 28.8 Å². The average Bonchev–Trinajstić information content (AvgIpc) is 2.83. The molecule has 2 aliphatic rings. The van der Waals surface area contributed by atoms with E-state index in [1.807, 2.05) is 44.2 Å². The largest absolute Gasteiger partial charge is 0.369 e. The van der Waals surface area contributed by atoms with Crippen molar-refractivity contribution < 1.29 is 4.79 Å². The summed E-state index contributed by atoms with van der Waals surface area (Å²) in [5.41, 5.74) is 6.04. The number of likely N-dealkylation sites (N-methyl/N-ethyl adjacent to an activating group) is 2. The Morgan fingerprint density at radius 1 is 0.971 bits per heavy atom. The fourth-order valence-electron chi connectivity index (χ4n) is 4.73. The maximum Gasteiger partial charge on any atom is 0.255 e. The molecule has 3 aromatic rings. The molecule has 1 saturated heterocycles. The number of anilines is 5.